The third-order valence-electron chi connectivity index (χ3n) is 6.04. The van der Waals surface area contributed by atoms with Gasteiger partial charge in [-0.2, -0.15) is 0 Å². The van der Waals surface area contributed by atoms with Gasteiger partial charge in [-0.05, 0) is 37.3 Å². The number of benzene rings is 1. The number of hydrogen-bond acceptors (Lipinski definition) is 3. The first kappa shape index (κ1) is 19.9. The number of unbranched alkanes of at least 4 members (excludes halogenated alkanes) is 1. The summed E-state index contributed by atoms with van der Waals surface area (Å²) < 4.78 is 5.88. The first-order chi connectivity index (χ1) is 13.0. The van der Waals surface area contributed by atoms with Crippen LogP contribution in [-0.4, -0.2) is 54.0 Å². The van der Waals surface area contributed by atoms with Crippen molar-refractivity contribution in [3.63, 3.8) is 0 Å². The maximum absolute atomic E-state index is 13.6. The van der Waals surface area contributed by atoms with Crippen LogP contribution in [0.25, 0.3) is 0 Å². The molecule has 1 aromatic carbocycles. The van der Waals surface area contributed by atoms with Gasteiger partial charge in [-0.25, -0.2) is 0 Å². The van der Waals surface area contributed by atoms with Gasteiger partial charge >= 0.3 is 0 Å². The second-order valence-electron chi connectivity index (χ2n) is 7.86. The van der Waals surface area contributed by atoms with Crippen molar-refractivity contribution in [2.45, 2.75) is 70.6 Å². The van der Waals surface area contributed by atoms with Crippen LogP contribution in [0.3, 0.4) is 0 Å². The highest BCUT2D eigenvalue weighted by molar-refractivity contribution is 5.86. The van der Waals surface area contributed by atoms with Crippen molar-refractivity contribution in [2.24, 2.45) is 0 Å². The number of carbonyl (C=O) groups is 2. The monoisotopic (exact) mass is 372 g/mol. The standard InChI is InChI=1S/C22H32N2O3/c1-4-5-14-24(17-11-7-8-12-17)22(26)21-20(23(3)19(25)15-27-21)18-13-9-6-10-16(18)2/h6,9-10,13,17,20-21H,4-5,7-8,11-12,14-15H2,1-3H3/t20-,21+/m1/s1. The molecule has 1 aliphatic carbocycles. The molecule has 0 unspecified atom stereocenters. The minimum absolute atomic E-state index is 0.0262. The molecular formula is C22H32N2O3. The van der Waals surface area contributed by atoms with Crippen LogP contribution in [0, 0.1) is 6.92 Å². The van der Waals surface area contributed by atoms with Gasteiger partial charge in [0.2, 0.25) is 5.91 Å². The van der Waals surface area contributed by atoms with Crippen LogP contribution < -0.4 is 0 Å². The molecule has 0 spiro atoms. The van der Waals surface area contributed by atoms with E-state index in [1.165, 1.54) is 12.8 Å². The largest absolute Gasteiger partial charge is 0.356 e. The molecule has 0 aromatic heterocycles. The van der Waals surface area contributed by atoms with Gasteiger partial charge in [0.25, 0.3) is 5.91 Å². The summed E-state index contributed by atoms with van der Waals surface area (Å²) in [4.78, 5) is 29.7. The highest BCUT2D eigenvalue weighted by Crippen LogP contribution is 2.34. The fourth-order valence-corrected chi connectivity index (χ4v) is 4.39. The van der Waals surface area contributed by atoms with Crippen molar-refractivity contribution in [1.29, 1.82) is 0 Å². The molecule has 3 rings (SSSR count). The normalized spacial score (nSPS) is 23.7. The summed E-state index contributed by atoms with van der Waals surface area (Å²) in [6.45, 7) is 4.92. The maximum Gasteiger partial charge on any atom is 0.254 e. The van der Waals surface area contributed by atoms with Crippen LogP contribution >= 0.6 is 0 Å². The van der Waals surface area contributed by atoms with E-state index in [0.717, 1.165) is 43.4 Å². The first-order valence-electron chi connectivity index (χ1n) is 10.3. The predicted molar refractivity (Wildman–Crippen MR) is 105 cm³/mol. The minimum Gasteiger partial charge on any atom is -0.356 e. The summed E-state index contributed by atoms with van der Waals surface area (Å²) >= 11 is 0. The van der Waals surface area contributed by atoms with Crippen molar-refractivity contribution in [2.75, 3.05) is 20.2 Å². The lowest BCUT2D eigenvalue weighted by Crippen LogP contribution is -2.55. The lowest BCUT2D eigenvalue weighted by molar-refractivity contribution is -0.168. The zero-order valence-corrected chi connectivity index (χ0v) is 16.8. The minimum atomic E-state index is -0.633. The Kier molecular flexibility index (Phi) is 6.53. The number of amides is 2. The summed E-state index contributed by atoms with van der Waals surface area (Å²) in [7, 11) is 1.79. The molecule has 2 fully saturated rings. The number of rotatable bonds is 6. The summed E-state index contributed by atoms with van der Waals surface area (Å²) in [5.74, 6) is -0.0313. The topological polar surface area (TPSA) is 49.9 Å². The summed E-state index contributed by atoms with van der Waals surface area (Å²) in [5.41, 5.74) is 2.07. The Labute approximate surface area is 162 Å². The van der Waals surface area contributed by atoms with Crippen molar-refractivity contribution < 1.29 is 14.3 Å². The Morgan fingerprint density at radius 2 is 1.96 bits per heavy atom. The van der Waals surface area contributed by atoms with E-state index in [2.05, 4.69) is 11.8 Å². The van der Waals surface area contributed by atoms with Crippen LogP contribution in [0.2, 0.25) is 0 Å². The van der Waals surface area contributed by atoms with Crippen molar-refractivity contribution >= 4 is 11.8 Å². The smallest absolute Gasteiger partial charge is 0.254 e. The van der Waals surface area contributed by atoms with E-state index in [1.54, 1.807) is 11.9 Å². The molecule has 148 valence electrons. The van der Waals surface area contributed by atoms with Crippen LogP contribution in [0.15, 0.2) is 24.3 Å². The third kappa shape index (κ3) is 4.18. The number of morpholine rings is 1. The Hall–Kier alpha value is -1.88. The molecular weight excluding hydrogens is 340 g/mol. The molecule has 0 bridgehead atoms. The average molecular weight is 373 g/mol. The molecule has 1 saturated heterocycles. The number of nitrogens with zero attached hydrogens (tertiary/aromatic N) is 2. The molecule has 27 heavy (non-hydrogen) atoms. The molecule has 1 aliphatic heterocycles. The van der Waals surface area contributed by atoms with Gasteiger partial charge in [-0.15, -0.1) is 0 Å². The number of likely N-dealkylation sites (N-methyl/N-ethyl adjacent to an activating group) is 1. The molecule has 2 atom stereocenters. The fourth-order valence-electron chi connectivity index (χ4n) is 4.39. The van der Waals surface area contributed by atoms with Crippen LogP contribution in [0.5, 0.6) is 0 Å². The van der Waals surface area contributed by atoms with Crippen molar-refractivity contribution in [3.05, 3.63) is 35.4 Å². The molecule has 5 heteroatoms. The summed E-state index contributed by atoms with van der Waals surface area (Å²) in [6, 6.07) is 7.91. The molecule has 0 N–H and O–H groups in total. The van der Waals surface area contributed by atoms with E-state index in [1.807, 2.05) is 31.2 Å². The second kappa shape index (κ2) is 8.87. The quantitative estimate of drug-likeness (QED) is 0.768. The summed E-state index contributed by atoms with van der Waals surface area (Å²) in [6.07, 6.45) is 5.95. The zero-order valence-electron chi connectivity index (χ0n) is 16.8. The lowest BCUT2D eigenvalue weighted by Gasteiger charge is -2.42. The van der Waals surface area contributed by atoms with E-state index in [9.17, 15) is 9.59 Å². The Morgan fingerprint density at radius 1 is 1.26 bits per heavy atom. The molecule has 1 saturated carbocycles. The molecule has 1 aromatic rings. The van der Waals surface area contributed by atoms with E-state index in [4.69, 9.17) is 4.74 Å². The predicted octanol–water partition coefficient (Wildman–Crippen LogP) is 3.46. The van der Waals surface area contributed by atoms with Crippen LogP contribution in [0.1, 0.15) is 62.6 Å². The number of aryl methyl sites for hydroxylation is 1. The van der Waals surface area contributed by atoms with E-state index >= 15 is 0 Å². The van der Waals surface area contributed by atoms with E-state index in [0.29, 0.717) is 6.04 Å². The van der Waals surface area contributed by atoms with Gasteiger partial charge in [0.05, 0.1) is 6.04 Å². The maximum atomic E-state index is 13.6. The highest BCUT2D eigenvalue weighted by atomic mass is 16.5. The van der Waals surface area contributed by atoms with Crippen LogP contribution in [-0.2, 0) is 14.3 Å². The Morgan fingerprint density at radius 3 is 2.63 bits per heavy atom. The summed E-state index contributed by atoms with van der Waals surface area (Å²) in [5, 5.41) is 0. The van der Waals surface area contributed by atoms with Gasteiger partial charge < -0.3 is 14.5 Å². The Balaban J connectivity index is 1.91. The zero-order chi connectivity index (χ0) is 19.4. The van der Waals surface area contributed by atoms with Gasteiger partial charge in [0.1, 0.15) is 6.61 Å². The van der Waals surface area contributed by atoms with E-state index < -0.39 is 6.10 Å². The van der Waals surface area contributed by atoms with Gasteiger partial charge in [0, 0.05) is 19.6 Å². The van der Waals surface area contributed by atoms with Crippen LogP contribution in [0.4, 0.5) is 0 Å². The Bertz CT molecular complexity index is 669. The fraction of sp³-hybridized carbons (Fsp3) is 0.636. The van der Waals surface area contributed by atoms with Crippen molar-refractivity contribution in [3.8, 4) is 0 Å². The molecule has 1 heterocycles. The number of ether oxygens (including phenoxy) is 1. The van der Waals surface area contributed by atoms with Gasteiger partial charge in [0.15, 0.2) is 6.10 Å². The molecule has 0 radical (unpaired) electrons. The lowest BCUT2D eigenvalue weighted by atomic mass is 9.93. The number of hydrogen-bond donors (Lipinski definition) is 0. The molecule has 5 nitrogen and oxygen atoms in total. The van der Waals surface area contributed by atoms with Crippen molar-refractivity contribution in [1.82, 2.24) is 9.80 Å². The SMILES string of the molecule is CCCCN(C(=O)[C@H]1OCC(=O)N(C)[C@@H]1c1ccccc1C)C1CCCC1. The van der Waals surface area contributed by atoms with Gasteiger partial charge in [-0.3, -0.25) is 9.59 Å². The third-order valence-corrected chi connectivity index (χ3v) is 6.04. The molecule has 2 amide bonds. The highest BCUT2D eigenvalue weighted by Gasteiger charge is 2.43. The first-order valence-corrected chi connectivity index (χ1v) is 10.3. The van der Waals surface area contributed by atoms with Gasteiger partial charge in [-0.1, -0.05) is 50.5 Å². The van der Waals surface area contributed by atoms with E-state index in [-0.39, 0.29) is 24.5 Å². The average Bonchev–Trinajstić information content (AvgIpc) is 3.19. The second-order valence-corrected chi connectivity index (χ2v) is 7.86. The number of carbonyl (C=O) groups excluding carboxylic acids is 2. The molecule has 2 aliphatic rings.